The standard InChI is InChI=1S/C14H15Cl2N3/c1-4-9-6-5-7-17-11(9)14-18-12(15)10(8(2)3)13(16)19-14/h5-8H,4H2,1-3H3. The number of halogens is 2. The molecule has 2 aromatic rings. The molecule has 0 saturated heterocycles. The fraction of sp³-hybridized carbons (Fsp3) is 0.357. The zero-order valence-corrected chi connectivity index (χ0v) is 12.6. The molecule has 0 N–H and O–H groups in total. The fourth-order valence-electron chi connectivity index (χ4n) is 1.92. The first-order chi connectivity index (χ1) is 9.04. The van der Waals surface area contributed by atoms with E-state index < -0.39 is 0 Å². The Morgan fingerprint density at radius 3 is 2.32 bits per heavy atom. The minimum atomic E-state index is 0.184. The van der Waals surface area contributed by atoms with E-state index in [2.05, 4.69) is 21.9 Å². The lowest BCUT2D eigenvalue weighted by Crippen LogP contribution is -2.02. The summed E-state index contributed by atoms with van der Waals surface area (Å²) in [7, 11) is 0. The Balaban J connectivity index is 2.59. The number of aryl methyl sites for hydroxylation is 1. The molecule has 0 amide bonds. The van der Waals surface area contributed by atoms with Crippen molar-refractivity contribution in [3.05, 3.63) is 39.8 Å². The molecular weight excluding hydrogens is 281 g/mol. The molecular formula is C14H15Cl2N3. The van der Waals surface area contributed by atoms with Crippen LogP contribution in [0.1, 0.15) is 37.8 Å². The molecule has 100 valence electrons. The SMILES string of the molecule is CCc1cccnc1-c1nc(Cl)c(C(C)C)c(Cl)n1. The van der Waals surface area contributed by atoms with Gasteiger partial charge >= 0.3 is 0 Å². The minimum absolute atomic E-state index is 0.184. The van der Waals surface area contributed by atoms with Crippen LogP contribution < -0.4 is 0 Å². The van der Waals surface area contributed by atoms with Gasteiger partial charge in [-0.05, 0) is 24.0 Å². The van der Waals surface area contributed by atoms with Gasteiger partial charge in [-0.25, -0.2) is 9.97 Å². The van der Waals surface area contributed by atoms with Crippen molar-refractivity contribution >= 4 is 23.2 Å². The van der Waals surface area contributed by atoms with E-state index in [9.17, 15) is 0 Å². The summed E-state index contributed by atoms with van der Waals surface area (Å²) < 4.78 is 0. The molecule has 2 heterocycles. The van der Waals surface area contributed by atoms with Crippen molar-refractivity contribution in [1.29, 1.82) is 0 Å². The molecule has 3 nitrogen and oxygen atoms in total. The maximum atomic E-state index is 6.21. The van der Waals surface area contributed by atoms with Crippen LogP contribution in [-0.4, -0.2) is 15.0 Å². The molecule has 0 aliphatic rings. The van der Waals surface area contributed by atoms with Crippen LogP contribution in [0, 0.1) is 0 Å². The van der Waals surface area contributed by atoms with E-state index >= 15 is 0 Å². The average Bonchev–Trinajstić information content (AvgIpc) is 2.37. The van der Waals surface area contributed by atoms with Crippen molar-refractivity contribution in [1.82, 2.24) is 15.0 Å². The first kappa shape index (κ1) is 14.2. The van der Waals surface area contributed by atoms with Gasteiger partial charge in [-0.3, -0.25) is 4.98 Å². The second-order valence-electron chi connectivity index (χ2n) is 4.56. The lowest BCUT2D eigenvalue weighted by molar-refractivity contribution is 0.847. The van der Waals surface area contributed by atoms with Gasteiger partial charge in [-0.2, -0.15) is 0 Å². The van der Waals surface area contributed by atoms with E-state index in [0.29, 0.717) is 16.1 Å². The van der Waals surface area contributed by atoms with E-state index in [0.717, 1.165) is 23.2 Å². The molecule has 0 saturated carbocycles. The zero-order chi connectivity index (χ0) is 14.0. The Labute approximate surface area is 123 Å². The Kier molecular flexibility index (Phi) is 4.38. The molecule has 2 aromatic heterocycles. The summed E-state index contributed by atoms with van der Waals surface area (Å²) in [6, 6.07) is 3.90. The van der Waals surface area contributed by atoms with E-state index in [1.54, 1.807) is 6.20 Å². The van der Waals surface area contributed by atoms with Crippen molar-refractivity contribution in [2.45, 2.75) is 33.1 Å². The fourth-order valence-corrected chi connectivity index (χ4v) is 2.75. The third kappa shape index (κ3) is 2.88. The lowest BCUT2D eigenvalue weighted by atomic mass is 10.1. The molecule has 5 heteroatoms. The molecule has 2 rings (SSSR count). The molecule has 0 spiro atoms. The predicted octanol–water partition coefficient (Wildman–Crippen LogP) is 4.53. The van der Waals surface area contributed by atoms with Crippen LogP contribution in [0.25, 0.3) is 11.5 Å². The number of nitrogens with zero attached hydrogens (tertiary/aromatic N) is 3. The Hall–Kier alpha value is -1.19. The summed E-state index contributed by atoms with van der Waals surface area (Å²) in [5.41, 5.74) is 2.59. The highest BCUT2D eigenvalue weighted by Crippen LogP contribution is 2.31. The highest BCUT2D eigenvalue weighted by atomic mass is 35.5. The van der Waals surface area contributed by atoms with E-state index in [1.807, 2.05) is 26.0 Å². The van der Waals surface area contributed by atoms with Gasteiger partial charge in [0.05, 0.1) is 0 Å². The van der Waals surface area contributed by atoms with Crippen LogP contribution in [0.2, 0.25) is 10.3 Å². The molecule has 0 unspecified atom stereocenters. The lowest BCUT2D eigenvalue weighted by Gasteiger charge is -2.11. The Morgan fingerprint density at radius 1 is 1.16 bits per heavy atom. The summed E-state index contributed by atoms with van der Waals surface area (Å²) in [4.78, 5) is 13.0. The van der Waals surface area contributed by atoms with E-state index in [-0.39, 0.29) is 5.92 Å². The topological polar surface area (TPSA) is 38.7 Å². The minimum Gasteiger partial charge on any atom is -0.253 e. The second kappa shape index (κ2) is 5.85. The highest BCUT2D eigenvalue weighted by molar-refractivity contribution is 6.34. The molecule has 0 radical (unpaired) electrons. The van der Waals surface area contributed by atoms with Crippen molar-refractivity contribution < 1.29 is 0 Å². The van der Waals surface area contributed by atoms with Gasteiger partial charge < -0.3 is 0 Å². The molecule has 0 atom stereocenters. The van der Waals surface area contributed by atoms with E-state index in [1.165, 1.54) is 0 Å². The molecule has 0 bridgehead atoms. The maximum absolute atomic E-state index is 6.21. The van der Waals surface area contributed by atoms with Gasteiger partial charge in [0.15, 0.2) is 5.82 Å². The van der Waals surface area contributed by atoms with Crippen molar-refractivity contribution in [2.75, 3.05) is 0 Å². The number of rotatable bonds is 3. The van der Waals surface area contributed by atoms with Crippen LogP contribution in [-0.2, 0) is 6.42 Å². The summed E-state index contributed by atoms with van der Waals surface area (Å²) in [6.45, 7) is 6.08. The summed E-state index contributed by atoms with van der Waals surface area (Å²) in [6.07, 6.45) is 2.57. The Bertz CT molecular complexity index is 574. The van der Waals surface area contributed by atoms with Crippen molar-refractivity contribution in [3.8, 4) is 11.5 Å². The first-order valence-corrected chi connectivity index (χ1v) is 6.97. The Morgan fingerprint density at radius 2 is 1.79 bits per heavy atom. The quantitative estimate of drug-likeness (QED) is 0.781. The maximum Gasteiger partial charge on any atom is 0.181 e. The zero-order valence-electron chi connectivity index (χ0n) is 11.1. The third-order valence-corrected chi connectivity index (χ3v) is 3.49. The summed E-state index contributed by atoms with van der Waals surface area (Å²) in [5.74, 6) is 0.667. The predicted molar refractivity (Wildman–Crippen MR) is 78.8 cm³/mol. The number of hydrogen-bond acceptors (Lipinski definition) is 3. The van der Waals surface area contributed by atoms with Gasteiger partial charge in [0, 0.05) is 11.8 Å². The smallest absolute Gasteiger partial charge is 0.181 e. The van der Waals surface area contributed by atoms with Crippen LogP contribution in [0.5, 0.6) is 0 Å². The second-order valence-corrected chi connectivity index (χ2v) is 5.28. The molecule has 19 heavy (non-hydrogen) atoms. The van der Waals surface area contributed by atoms with Crippen LogP contribution >= 0.6 is 23.2 Å². The molecule has 0 aliphatic carbocycles. The monoisotopic (exact) mass is 295 g/mol. The molecule has 0 fully saturated rings. The first-order valence-electron chi connectivity index (χ1n) is 6.21. The average molecular weight is 296 g/mol. The molecule has 0 aliphatic heterocycles. The van der Waals surface area contributed by atoms with Crippen molar-refractivity contribution in [2.24, 2.45) is 0 Å². The van der Waals surface area contributed by atoms with Gasteiger partial charge in [0.2, 0.25) is 0 Å². The van der Waals surface area contributed by atoms with Gasteiger partial charge in [-0.1, -0.05) is 50.0 Å². The van der Waals surface area contributed by atoms with Crippen LogP contribution in [0.3, 0.4) is 0 Å². The number of hydrogen-bond donors (Lipinski definition) is 0. The van der Waals surface area contributed by atoms with Crippen LogP contribution in [0.15, 0.2) is 18.3 Å². The normalized spacial score (nSPS) is 11.1. The van der Waals surface area contributed by atoms with Gasteiger partial charge in [-0.15, -0.1) is 0 Å². The summed E-state index contributed by atoms with van der Waals surface area (Å²) in [5, 5.41) is 0.801. The van der Waals surface area contributed by atoms with Gasteiger partial charge in [0.1, 0.15) is 16.0 Å². The number of pyridine rings is 1. The van der Waals surface area contributed by atoms with Gasteiger partial charge in [0.25, 0.3) is 0 Å². The van der Waals surface area contributed by atoms with Crippen molar-refractivity contribution in [3.63, 3.8) is 0 Å². The largest absolute Gasteiger partial charge is 0.253 e. The molecule has 0 aromatic carbocycles. The number of aromatic nitrogens is 3. The highest BCUT2D eigenvalue weighted by Gasteiger charge is 2.17. The third-order valence-electron chi connectivity index (χ3n) is 2.91. The van der Waals surface area contributed by atoms with Crippen LogP contribution in [0.4, 0.5) is 0 Å². The summed E-state index contributed by atoms with van der Waals surface area (Å²) >= 11 is 12.4. The van der Waals surface area contributed by atoms with E-state index in [4.69, 9.17) is 23.2 Å².